The first-order chi connectivity index (χ1) is 10.0. The normalized spacial score (nSPS) is 12.4. The van der Waals surface area contributed by atoms with Gasteiger partial charge in [0, 0.05) is 12.6 Å². The molecular weight excluding hydrogens is 282 g/mol. The lowest BCUT2D eigenvalue weighted by Gasteiger charge is -2.20. The average Bonchev–Trinajstić information content (AvgIpc) is 2.87. The van der Waals surface area contributed by atoms with Crippen molar-refractivity contribution >= 4 is 17.2 Å². The first-order valence-electron chi connectivity index (χ1n) is 7.06. The molecule has 5 heteroatoms. The number of rotatable bonds is 5. The molecule has 21 heavy (non-hydrogen) atoms. The molecule has 112 valence electrons. The Balaban J connectivity index is 2.30. The predicted octanol–water partition coefficient (Wildman–Crippen LogP) is 2.83. The van der Waals surface area contributed by atoms with Crippen LogP contribution in [0.2, 0.25) is 0 Å². The highest BCUT2D eigenvalue weighted by atomic mass is 32.1. The number of benzene rings is 1. The molecular formula is C16H21N3OS. The van der Waals surface area contributed by atoms with E-state index in [1.807, 2.05) is 51.1 Å². The van der Waals surface area contributed by atoms with Crippen LogP contribution >= 0.6 is 11.3 Å². The molecule has 1 heterocycles. The summed E-state index contributed by atoms with van der Waals surface area (Å²) in [5.74, 6) is 0.140. The Kier molecular flexibility index (Phi) is 5.09. The molecule has 0 aliphatic carbocycles. The summed E-state index contributed by atoms with van der Waals surface area (Å²) >= 11 is 1.54. The maximum absolute atomic E-state index is 12.5. The fourth-order valence-corrected chi connectivity index (χ4v) is 3.02. The number of aromatic nitrogens is 1. The fraction of sp³-hybridized carbons (Fsp3) is 0.375. The van der Waals surface area contributed by atoms with Crippen molar-refractivity contribution in [1.29, 1.82) is 0 Å². The van der Waals surface area contributed by atoms with E-state index in [4.69, 9.17) is 5.73 Å². The third-order valence-electron chi connectivity index (χ3n) is 3.36. The Morgan fingerprint density at radius 2 is 2.00 bits per heavy atom. The lowest BCUT2D eigenvalue weighted by molar-refractivity contribution is 0.0924. The van der Waals surface area contributed by atoms with Crippen LogP contribution in [0.5, 0.6) is 0 Å². The van der Waals surface area contributed by atoms with Gasteiger partial charge in [-0.2, -0.15) is 0 Å². The van der Waals surface area contributed by atoms with Gasteiger partial charge in [-0.15, -0.1) is 11.3 Å². The van der Waals surface area contributed by atoms with Crippen LogP contribution in [0.15, 0.2) is 30.3 Å². The highest BCUT2D eigenvalue weighted by Gasteiger charge is 2.21. The van der Waals surface area contributed by atoms with Crippen molar-refractivity contribution in [3.63, 3.8) is 0 Å². The maximum Gasteiger partial charge on any atom is 0.271 e. The fourth-order valence-electron chi connectivity index (χ4n) is 2.10. The van der Waals surface area contributed by atoms with E-state index in [0.29, 0.717) is 18.2 Å². The standard InChI is InChI=1S/C16H21N3OS/c1-10(2)13(9-17)19-16(20)14-15(21-11(3)18-14)12-7-5-4-6-8-12/h4-8,10,13H,9,17H2,1-3H3,(H,19,20)/t13-/m1/s1. The number of aryl methyl sites for hydroxylation is 1. The van der Waals surface area contributed by atoms with Crippen LogP contribution in [0.25, 0.3) is 10.4 Å². The van der Waals surface area contributed by atoms with Crippen molar-refractivity contribution in [1.82, 2.24) is 10.3 Å². The van der Waals surface area contributed by atoms with Gasteiger partial charge in [0.1, 0.15) is 5.69 Å². The van der Waals surface area contributed by atoms with E-state index in [2.05, 4.69) is 10.3 Å². The number of hydrogen-bond donors (Lipinski definition) is 2. The van der Waals surface area contributed by atoms with Crippen molar-refractivity contribution in [3.05, 3.63) is 41.0 Å². The number of nitrogens with one attached hydrogen (secondary N) is 1. The van der Waals surface area contributed by atoms with Gasteiger partial charge < -0.3 is 11.1 Å². The van der Waals surface area contributed by atoms with Crippen LogP contribution in [-0.2, 0) is 0 Å². The van der Waals surface area contributed by atoms with Crippen LogP contribution in [-0.4, -0.2) is 23.5 Å². The number of carbonyl (C=O) groups is 1. The minimum atomic E-state index is -0.151. The highest BCUT2D eigenvalue weighted by Crippen LogP contribution is 2.30. The van der Waals surface area contributed by atoms with E-state index in [1.165, 1.54) is 11.3 Å². The van der Waals surface area contributed by atoms with Gasteiger partial charge in [-0.1, -0.05) is 44.2 Å². The third-order valence-corrected chi connectivity index (χ3v) is 4.38. The molecule has 0 fully saturated rings. The molecule has 1 atom stereocenters. The monoisotopic (exact) mass is 303 g/mol. The molecule has 2 rings (SSSR count). The SMILES string of the molecule is Cc1nc(C(=O)N[C@H](CN)C(C)C)c(-c2ccccc2)s1. The van der Waals surface area contributed by atoms with Gasteiger partial charge in [-0.3, -0.25) is 4.79 Å². The summed E-state index contributed by atoms with van der Waals surface area (Å²) in [5, 5.41) is 3.87. The third kappa shape index (κ3) is 3.68. The Labute approximate surface area is 129 Å². The molecule has 0 unspecified atom stereocenters. The molecule has 0 saturated carbocycles. The summed E-state index contributed by atoms with van der Waals surface area (Å²) < 4.78 is 0. The Bertz CT molecular complexity index is 607. The number of thiazole rings is 1. The van der Waals surface area contributed by atoms with Gasteiger partial charge in [-0.25, -0.2) is 4.98 Å². The van der Waals surface area contributed by atoms with E-state index in [0.717, 1.165) is 15.4 Å². The van der Waals surface area contributed by atoms with E-state index in [-0.39, 0.29) is 11.9 Å². The van der Waals surface area contributed by atoms with Gasteiger partial charge >= 0.3 is 0 Å². The molecule has 4 nitrogen and oxygen atoms in total. The Hall–Kier alpha value is -1.72. The Morgan fingerprint density at radius 3 is 2.57 bits per heavy atom. The quantitative estimate of drug-likeness (QED) is 0.892. The summed E-state index contributed by atoms with van der Waals surface area (Å²) in [5.41, 5.74) is 7.23. The first kappa shape index (κ1) is 15.7. The number of nitrogens with zero attached hydrogens (tertiary/aromatic N) is 1. The summed E-state index contributed by atoms with van der Waals surface area (Å²) in [6.07, 6.45) is 0. The number of amides is 1. The van der Waals surface area contributed by atoms with Gasteiger partial charge in [0.15, 0.2) is 0 Å². The molecule has 0 aliphatic rings. The number of hydrogen-bond acceptors (Lipinski definition) is 4. The second kappa shape index (κ2) is 6.83. The second-order valence-electron chi connectivity index (χ2n) is 5.34. The van der Waals surface area contributed by atoms with Crippen molar-refractivity contribution in [2.24, 2.45) is 11.7 Å². The lowest BCUT2D eigenvalue weighted by Crippen LogP contribution is -2.43. The smallest absolute Gasteiger partial charge is 0.271 e. The van der Waals surface area contributed by atoms with Gasteiger partial charge in [0.2, 0.25) is 0 Å². The average molecular weight is 303 g/mol. The van der Waals surface area contributed by atoms with E-state index < -0.39 is 0 Å². The van der Waals surface area contributed by atoms with Gasteiger partial charge in [0.25, 0.3) is 5.91 Å². The van der Waals surface area contributed by atoms with Gasteiger partial charge in [0.05, 0.1) is 9.88 Å². The summed E-state index contributed by atoms with van der Waals surface area (Å²) in [4.78, 5) is 17.8. The van der Waals surface area contributed by atoms with Crippen molar-refractivity contribution in [3.8, 4) is 10.4 Å². The highest BCUT2D eigenvalue weighted by molar-refractivity contribution is 7.15. The molecule has 1 aromatic carbocycles. The lowest BCUT2D eigenvalue weighted by atomic mass is 10.0. The molecule has 1 aromatic heterocycles. The van der Waals surface area contributed by atoms with Crippen molar-refractivity contribution in [2.75, 3.05) is 6.54 Å². The number of carbonyl (C=O) groups excluding carboxylic acids is 1. The van der Waals surface area contributed by atoms with Gasteiger partial charge in [-0.05, 0) is 18.4 Å². The minimum absolute atomic E-state index is 0.0388. The largest absolute Gasteiger partial charge is 0.346 e. The zero-order valence-electron chi connectivity index (χ0n) is 12.6. The van der Waals surface area contributed by atoms with Crippen molar-refractivity contribution in [2.45, 2.75) is 26.8 Å². The summed E-state index contributed by atoms with van der Waals surface area (Å²) in [7, 11) is 0. The maximum atomic E-state index is 12.5. The minimum Gasteiger partial charge on any atom is -0.346 e. The van der Waals surface area contributed by atoms with Crippen molar-refractivity contribution < 1.29 is 4.79 Å². The van der Waals surface area contributed by atoms with E-state index >= 15 is 0 Å². The van der Waals surface area contributed by atoms with E-state index in [1.54, 1.807) is 0 Å². The molecule has 0 bridgehead atoms. The second-order valence-corrected chi connectivity index (χ2v) is 6.54. The molecule has 0 radical (unpaired) electrons. The molecule has 3 N–H and O–H groups in total. The first-order valence-corrected chi connectivity index (χ1v) is 7.88. The molecule has 0 spiro atoms. The predicted molar refractivity (Wildman–Crippen MR) is 87.4 cm³/mol. The van der Waals surface area contributed by atoms with E-state index in [9.17, 15) is 4.79 Å². The molecule has 0 aliphatic heterocycles. The molecule has 2 aromatic rings. The zero-order chi connectivity index (χ0) is 15.4. The van der Waals surface area contributed by atoms with Crippen LogP contribution in [0.4, 0.5) is 0 Å². The molecule has 1 amide bonds. The van der Waals surface area contributed by atoms with Crippen LogP contribution in [0.1, 0.15) is 29.3 Å². The van der Waals surface area contributed by atoms with Crippen LogP contribution in [0.3, 0.4) is 0 Å². The molecule has 0 saturated heterocycles. The zero-order valence-corrected chi connectivity index (χ0v) is 13.4. The Morgan fingerprint density at radius 1 is 1.33 bits per heavy atom. The van der Waals surface area contributed by atoms with Crippen LogP contribution < -0.4 is 11.1 Å². The number of nitrogens with two attached hydrogens (primary N) is 1. The van der Waals surface area contributed by atoms with Crippen LogP contribution in [0, 0.1) is 12.8 Å². The summed E-state index contributed by atoms with van der Waals surface area (Å²) in [6.45, 7) is 6.42. The summed E-state index contributed by atoms with van der Waals surface area (Å²) in [6, 6.07) is 9.83. The topological polar surface area (TPSA) is 68.0 Å².